The van der Waals surface area contributed by atoms with Gasteiger partial charge in [-0.25, -0.2) is 0 Å². The van der Waals surface area contributed by atoms with Crippen LogP contribution in [0.15, 0.2) is 48.5 Å². The summed E-state index contributed by atoms with van der Waals surface area (Å²) < 4.78 is 15.3. The highest BCUT2D eigenvalue weighted by Gasteiger charge is 2.11. The summed E-state index contributed by atoms with van der Waals surface area (Å²) in [6.45, 7) is 0.482. The number of methoxy groups -OCH3 is 2. The van der Waals surface area contributed by atoms with Crippen molar-refractivity contribution in [2.75, 3.05) is 20.8 Å². The van der Waals surface area contributed by atoms with Gasteiger partial charge in [-0.3, -0.25) is 9.59 Å². The van der Waals surface area contributed by atoms with Gasteiger partial charge in [-0.2, -0.15) is 0 Å². The lowest BCUT2D eigenvalue weighted by Gasteiger charge is -2.09. The molecule has 6 heteroatoms. The van der Waals surface area contributed by atoms with E-state index in [4.69, 9.17) is 9.47 Å². The third kappa shape index (κ3) is 8.54. The Labute approximate surface area is 183 Å². The number of carbonyl (C=O) groups is 2. The molecule has 0 spiro atoms. The van der Waals surface area contributed by atoms with Crippen LogP contribution in [0.25, 0.3) is 6.08 Å². The molecule has 2 aromatic carbocycles. The van der Waals surface area contributed by atoms with E-state index < -0.39 is 0 Å². The number of ketones is 1. The van der Waals surface area contributed by atoms with Gasteiger partial charge in [0.25, 0.3) is 0 Å². The zero-order chi connectivity index (χ0) is 22.5. The smallest absolute Gasteiger partial charge is 0.305 e. The molecule has 0 fully saturated rings. The molecule has 2 aromatic rings. The van der Waals surface area contributed by atoms with Crippen molar-refractivity contribution in [1.82, 2.24) is 0 Å². The van der Waals surface area contributed by atoms with Gasteiger partial charge in [-0.1, -0.05) is 24.3 Å². The Morgan fingerprint density at radius 1 is 0.968 bits per heavy atom. The van der Waals surface area contributed by atoms with Gasteiger partial charge in [0.2, 0.25) is 0 Å². The summed E-state index contributed by atoms with van der Waals surface area (Å²) >= 11 is 0. The number of ether oxygens (including phenoxy) is 3. The van der Waals surface area contributed by atoms with Gasteiger partial charge in [0, 0.05) is 18.4 Å². The Kier molecular flexibility index (Phi) is 10.1. The van der Waals surface area contributed by atoms with Crippen LogP contribution in [0.5, 0.6) is 17.2 Å². The number of phenolic OH excluding ortho intramolecular Hbond substituents is 1. The number of unbranched alkanes of at least 4 members (excludes halogenated alkanes) is 2. The van der Waals surface area contributed by atoms with Crippen molar-refractivity contribution in [3.8, 4) is 17.2 Å². The van der Waals surface area contributed by atoms with E-state index in [0.29, 0.717) is 24.3 Å². The van der Waals surface area contributed by atoms with E-state index in [2.05, 4.69) is 16.9 Å². The van der Waals surface area contributed by atoms with Crippen LogP contribution >= 0.6 is 0 Å². The minimum absolute atomic E-state index is 0.0572. The molecule has 0 amide bonds. The Morgan fingerprint density at radius 3 is 2.42 bits per heavy atom. The van der Waals surface area contributed by atoms with Gasteiger partial charge < -0.3 is 19.3 Å². The maximum absolute atomic E-state index is 12.2. The van der Waals surface area contributed by atoms with E-state index in [1.165, 1.54) is 13.2 Å². The molecule has 1 N–H and O–H groups in total. The molecule has 0 bridgehead atoms. The van der Waals surface area contributed by atoms with Crippen LogP contribution in [-0.4, -0.2) is 37.7 Å². The van der Waals surface area contributed by atoms with Crippen LogP contribution in [0, 0.1) is 0 Å². The zero-order valence-corrected chi connectivity index (χ0v) is 18.1. The third-order valence-electron chi connectivity index (χ3n) is 4.74. The van der Waals surface area contributed by atoms with Crippen LogP contribution in [0.4, 0.5) is 0 Å². The number of esters is 1. The van der Waals surface area contributed by atoms with E-state index in [1.807, 2.05) is 24.3 Å². The molecule has 0 aliphatic heterocycles. The van der Waals surface area contributed by atoms with Crippen molar-refractivity contribution in [3.63, 3.8) is 0 Å². The molecule has 166 valence electrons. The zero-order valence-electron chi connectivity index (χ0n) is 18.1. The molecule has 0 aromatic heterocycles. The molecule has 6 nitrogen and oxygen atoms in total. The number of carbonyl (C=O) groups excluding carboxylic acids is 2. The predicted octanol–water partition coefficient (Wildman–Crippen LogP) is 5.19. The molecule has 0 radical (unpaired) electrons. The maximum atomic E-state index is 12.2. The number of hydrogen-bond donors (Lipinski definition) is 1. The number of phenols is 1. The predicted molar refractivity (Wildman–Crippen MR) is 120 cm³/mol. The van der Waals surface area contributed by atoms with Gasteiger partial charge in [0.15, 0.2) is 17.3 Å². The lowest BCUT2D eigenvalue weighted by Crippen LogP contribution is -2.04. The van der Waals surface area contributed by atoms with Gasteiger partial charge in [-0.15, -0.1) is 0 Å². The van der Waals surface area contributed by atoms with Gasteiger partial charge in [-0.05, 0) is 61.6 Å². The lowest BCUT2D eigenvalue weighted by atomic mass is 10.0. The number of aromatic hydroxyl groups is 1. The Bertz CT molecular complexity index is 870. The minimum atomic E-state index is -0.337. The highest BCUT2D eigenvalue weighted by Crippen LogP contribution is 2.28. The van der Waals surface area contributed by atoms with Gasteiger partial charge in [0.1, 0.15) is 5.75 Å². The second kappa shape index (κ2) is 13.1. The summed E-state index contributed by atoms with van der Waals surface area (Å²) in [5, 5.41) is 10.1. The van der Waals surface area contributed by atoms with Crippen LogP contribution < -0.4 is 9.47 Å². The lowest BCUT2D eigenvalue weighted by molar-refractivity contribution is -0.140. The number of rotatable bonds is 13. The van der Waals surface area contributed by atoms with Crippen LogP contribution in [-0.2, 0) is 9.53 Å². The molecule has 0 aliphatic rings. The highest BCUT2D eigenvalue weighted by molar-refractivity contribution is 5.96. The average Bonchev–Trinajstić information content (AvgIpc) is 2.79. The van der Waals surface area contributed by atoms with Crippen LogP contribution in [0.3, 0.4) is 0 Å². The summed E-state index contributed by atoms with van der Waals surface area (Å²) in [7, 11) is 2.97. The minimum Gasteiger partial charge on any atom is -0.504 e. The van der Waals surface area contributed by atoms with Crippen molar-refractivity contribution in [1.29, 1.82) is 0 Å². The quantitative estimate of drug-likeness (QED) is 0.270. The standard InChI is InChI=1S/C25H30O6/c1-29-21-14-11-19(12-15-21)8-5-3-4-6-17-31-24-16-13-20(18-23(24)27)22(26)9-7-10-25(28)30-2/h5,8,11-16,18,27H,3-4,6-7,9-10,17H2,1-2H3/b8-5+. The molecule has 0 heterocycles. The monoisotopic (exact) mass is 426 g/mol. The fraction of sp³-hybridized carbons (Fsp3) is 0.360. The Balaban J connectivity index is 1.68. The maximum Gasteiger partial charge on any atom is 0.305 e. The third-order valence-corrected chi connectivity index (χ3v) is 4.74. The molecule has 0 saturated heterocycles. The summed E-state index contributed by atoms with van der Waals surface area (Å²) in [6, 6.07) is 12.5. The van der Waals surface area contributed by atoms with E-state index in [-0.39, 0.29) is 30.3 Å². The summed E-state index contributed by atoms with van der Waals surface area (Å²) in [5.41, 5.74) is 1.53. The van der Waals surface area contributed by atoms with Crippen LogP contribution in [0.2, 0.25) is 0 Å². The molecular formula is C25H30O6. The Morgan fingerprint density at radius 2 is 1.74 bits per heavy atom. The highest BCUT2D eigenvalue weighted by atomic mass is 16.5. The molecule has 0 unspecified atom stereocenters. The van der Waals surface area contributed by atoms with Crippen molar-refractivity contribution in [3.05, 3.63) is 59.7 Å². The largest absolute Gasteiger partial charge is 0.504 e. The van der Waals surface area contributed by atoms with Crippen molar-refractivity contribution in [2.45, 2.75) is 38.5 Å². The average molecular weight is 427 g/mol. The number of benzene rings is 2. The molecule has 0 atom stereocenters. The molecule has 2 rings (SSSR count). The SMILES string of the molecule is COC(=O)CCCC(=O)c1ccc(OCCCC/C=C/c2ccc(OC)cc2)c(O)c1. The fourth-order valence-electron chi connectivity index (χ4n) is 2.93. The van der Waals surface area contributed by atoms with E-state index in [1.54, 1.807) is 19.2 Å². The fourth-order valence-corrected chi connectivity index (χ4v) is 2.93. The first-order valence-corrected chi connectivity index (χ1v) is 10.4. The van der Waals surface area contributed by atoms with E-state index >= 15 is 0 Å². The topological polar surface area (TPSA) is 82.1 Å². The summed E-state index contributed by atoms with van der Waals surface area (Å²) in [5.74, 6) is 0.677. The normalized spacial score (nSPS) is 10.8. The van der Waals surface area contributed by atoms with Crippen molar-refractivity contribution in [2.24, 2.45) is 0 Å². The van der Waals surface area contributed by atoms with E-state index in [0.717, 1.165) is 30.6 Å². The first kappa shape index (κ1) is 24.0. The molecule has 31 heavy (non-hydrogen) atoms. The molecular weight excluding hydrogens is 396 g/mol. The van der Waals surface area contributed by atoms with Gasteiger partial charge in [0.05, 0.1) is 20.8 Å². The van der Waals surface area contributed by atoms with Crippen molar-refractivity contribution >= 4 is 17.8 Å². The van der Waals surface area contributed by atoms with Gasteiger partial charge >= 0.3 is 5.97 Å². The molecule has 0 saturated carbocycles. The summed E-state index contributed by atoms with van der Waals surface area (Å²) in [4.78, 5) is 23.3. The second-order valence-corrected chi connectivity index (χ2v) is 7.06. The second-order valence-electron chi connectivity index (χ2n) is 7.06. The first-order chi connectivity index (χ1) is 15.0. The molecule has 0 aliphatic carbocycles. The first-order valence-electron chi connectivity index (χ1n) is 10.4. The number of allylic oxidation sites excluding steroid dienone is 1. The summed E-state index contributed by atoms with van der Waals surface area (Å²) in [6.07, 6.45) is 7.78. The number of Topliss-reactive ketones (excluding diaryl/α,β-unsaturated/α-hetero) is 1. The Hall–Kier alpha value is -3.28. The van der Waals surface area contributed by atoms with Crippen molar-refractivity contribution < 1.29 is 28.9 Å². The van der Waals surface area contributed by atoms with Crippen LogP contribution in [0.1, 0.15) is 54.4 Å². The number of hydrogen-bond acceptors (Lipinski definition) is 6. The van der Waals surface area contributed by atoms with E-state index in [9.17, 15) is 14.7 Å².